The highest BCUT2D eigenvalue weighted by molar-refractivity contribution is 7.98. The van der Waals surface area contributed by atoms with Crippen LogP contribution in [0.4, 0.5) is 0 Å². The molecular formula is C21H19NO6S. The molecule has 0 bridgehead atoms. The highest BCUT2D eigenvalue weighted by Crippen LogP contribution is 2.29. The van der Waals surface area contributed by atoms with Crippen LogP contribution in [0.5, 0.6) is 5.75 Å². The van der Waals surface area contributed by atoms with Crippen molar-refractivity contribution in [1.29, 1.82) is 0 Å². The standard InChI is InChI=1S/C21H19NO6S/c1-29-12-17(21(25)26)22-19(23)11-27-14-7-8-15-16(13-5-3-2-4-6-13)10-20(24)28-18(15)9-14/h2-10,17H,11-12H2,1H3,(H,22,23)(H,25,26)/t17-/m0/s1. The normalized spacial score (nSPS) is 11.8. The van der Waals surface area contributed by atoms with Crippen molar-refractivity contribution >= 4 is 34.6 Å². The number of fused-ring (bicyclic) bond motifs is 1. The molecule has 0 spiro atoms. The van der Waals surface area contributed by atoms with Gasteiger partial charge >= 0.3 is 11.6 Å². The van der Waals surface area contributed by atoms with Gasteiger partial charge in [0.15, 0.2) is 6.61 Å². The van der Waals surface area contributed by atoms with Crippen LogP contribution >= 0.6 is 11.8 Å². The molecule has 29 heavy (non-hydrogen) atoms. The van der Waals surface area contributed by atoms with Gasteiger partial charge in [0.2, 0.25) is 0 Å². The Labute approximate surface area is 170 Å². The van der Waals surface area contributed by atoms with Gasteiger partial charge < -0.3 is 19.6 Å². The maximum absolute atomic E-state index is 12.0. The van der Waals surface area contributed by atoms with Crippen LogP contribution in [0, 0.1) is 0 Å². The summed E-state index contributed by atoms with van der Waals surface area (Å²) in [5.41, 5.74) is 1.46. The number of aliphatic carboxylic acids is 1. The smallest absolute Gasteiger partial charge is 0.336 e. The number of benzene rings is 2. The van der Waals surface area contributed by atoms with Crippen molar-refractivity contribution in [3.63, 3.8) is 0 Å². The molecule has 7 nitrogen and oxygen atoms in total. The topological polar surface area (TPSA) is 106 Å². The minimum absolute atomic E-state index is 0.254. The van der Waals surface area contributed by atoms with Crippen molar-refractivity contribution in [3.05, 3.63) is 65.0 Å². The fourth-order valence-corrected chi connectivity index (χ4v) is 3.37. The Morgan fingerprint density at radius 1 is 1.17 bits per heavy atom. The summed E-state index contributed by atoms with van der Waals surface area (Å²) < 4.78 is 10.7. The summed E-state index contributed by atoms with van der Waals surface area (Å²) in [6.07, 6.45) is 1.76. The molecule has 0 saturated carbocycles. The Kier molecular flexibility index (Phi) is 6.56. The number of hydrogen-bond donors (Lipinski definition) is 2. The van der Waals surface area contributed by atoms with Gasteiger partial charge in [0.25, 0.3) is 5.91 Å². The Hall–Kier alpha value is -3.26. The number of carbonyl (C=O) groups excluding carboxylic acids is 1. The molecule has 0 radical (unpaired) electrons. The van der Waals surface area contributed by atoms with E-state index >= 15 is 0 Å². The van der Waals surface area contributed by atoms with E-state index in [0.717, 1.165) is 16.5 Å². The van der Waals surface area contributed by atoms with Crippen molar-refractivity contribution in [2.75, 3.05) is 18.6 Å². The van der Waals surface area contributed by atoms with Crippen LogP contribution in [-0.2, 0) is 9.59 Å². The summed E-state index contributed by atoms with van der Waals surface area (Å²) in [5.74, 6) is -1.07. The van der Waals surface area contributed by atoms with E-state index in [1.54, 1.807) is 18.4 Å². The van der Waals surface area contributed by atoms with Gasteiger partial charge in [0.05, 0.1) is 0 Å². The first-order chi connectivity index (χ1) is 14.0. The van der Waals surface area contributed by atoms with Crippen LogP contribution in [0.25, 0.3) is 22.1 Å². The number of amides is 1. The Balaban J connectivity index is 1.77. The second kappa shape index (κ2) is 9.29. The van der Waals surface area contributed by atoms with Gasteiger partial charge in [-0.05, 0) is 29.5 Å². The molecule has 2 N–H and O–H groups in total. The molecule has 1 aromatic heterocycles. The van der Waals surface area contributed by atoms with E-state index in [4.69, 9.17) is 14.3 Å². The average molecular weight is 413 g/mol. The lowest BCUT2D eigenvalue weighted by atomic mass is 10.0. The first-order valence-electron chi connectivity index (χ1n) is 8.75. The van der Waals surface area contributed by atoms with Gasteiger partial charge in [-0.15, -0.1) is 0 Å². The Morgan fingerprint density at radius 3 is 2.62 bits per heavy atom. The van der Waals surface area contributed by atoms with Gasteiger partial charge in [-0.2, -0.15) is 11.8 Å². The Morgan fingerprint density at radius 2 is 1.93 bits per heavy atom. The summed E-state index contributed by atoms with van der Waals surface area (Å²) in [6.45, 7) is -0.355. The molecule has 1 amide bonds. The van der Waals surface area contributed by atoms with E-state index in [2.05, 4.69) is 5.32 Å². The fourth-order valence-electron chi connectivity index (χ4n) is 2.82. The second-order valence-corrected chi connectivity index (χ2v) is 7.12. The molecule has 2 aromatic carbocycles. The third-order valence-electron chi connectivity index (χ3n) is 4.14. The Bertz CT molecular complexity index is 1080. The molecule has 3 rings (SSSR count). The molecule has 1 atom stereocenters. The number of nitrogens with one attached hydrogen (secondary N) is 1. The van der Waals surface area contributed by atoms with Crippen LogP contribution in [0.2, 0.25) is 0 Å². The maximum Gasteiger partial charge on any atom is 0.336 e. The van der Waals surface area contributed by atoms with E-state index < -0.39 is 23.5 Å². The van der Waals surface area contributed by atoms with E-state index in [1.165, 1.54) is 23.9 Å². The summed E-state index contributed by atoms with van der Waals surface area (Å²) in [4.78, 5) is 35.1. The van der Waals surface area contributed by atoms with Gasteiger partial charge in [0, 0.05) is 23.3 Å². The van der Waals surface area contributed by atoms with Crippen molar-refractivity contribution < 1.29 is 23.8 Å². The van der Waals surface area contributed by atoms with Crippen LogP contribution in [0.3, 0.4) is 0 Å². The molecular weight excluding hydrogens is 394 g/mol. The van der Waals surface area contributed by atoms with Gasteiger partial charge in [-0.1, -0.05) is 30.3 Å². The molecule has 150 valence electrons. The predicted molar refractivity (Wildman–Crippen MR) is 111 cm³/mol. The third kappa shape index (κ3) is 5.17. The quantitative estimate of drug-likeness (QED) is 0.547. The lowest BCUT2D eigenvalue weighted by Gasteiger charge is -2.14. The van der Waals surface area contributed by atoms with E-state index in [9.17, 15) is 14.4 Å². The van der Waals surface area contributed by atoms with Crippen molar-refractivity contribution in [3.8, 4) is 16.9 Å². The third-order valence-corrected chi connectivity index (χ3v) is 4.80. The molecule has 0 fully saturated rings. The molecule has 3 aromatic rings. The summed E-state index contributed by atoms with van der Waals surface area (Å²) in [7, 11) is 0. The lowest BCUT2D eigenvalue weighted by molar-refractivity contribution is -0.141. The van der Waals surface area contributed by atoms with Gasteiger partial charge in [-0.25, -0.2) is 9.59 Å². The fraction of sp³-hybridized carbons (Fsp3) is 0.190. The molecule has 8 heteroatoms. The minimum Gasteiger partial charge on any atom is -0.484 e. The molecule has 0 aliphatic rings. The highest BCUT2D eigenvalue weighted by atomic mass is 32.2. The maximum atomic E-state index is 12.0. The molecule has 0 aliphatic heterocycles. The summed E-state index contributed by atoms with van der Waals surface area (Å²) in [5, 5.41) is 12.2. The van der Waals surface area contributed by atoms with Crippen LogP contribution in [-0.4, -0.2) is 41.6 Å². The first-order valence-corrected chi connectivity index (χ1v) is 10.1. The molecule has 0 unspecified atom stereocenters. The lowest BCUT2D eigenvalue weighted by Crippen LogP contribution is -2.44. The number of carboxylic acids is 1. The van der Waals surface area contributed by atoms with E-state index in [-0.39, 0.29) is 12.4 Å². The monoisotopic (exact) mass is 413 g/mol. The zero-order valence-corrected chi connectivity index (χ0v) is 16.4. The number of carboxylic acid groups (broad SMARTS) is 1. The summed E-state index contributed by atoms with van der Waals surface area (Å²) in [6, 6.07) is 14.9. The predicted octanol–water partition coefficient (Wildman–Crippen LogP) is 2.77. The molecule has 0 saturated heterocycles. The SMILES string of the molecule is CSC[C@H](NC(=O)COc1ccc2c(-c3ccccc3)cc(=O)oc2c1)C(=O)O. The first kappa shape index (κ1) is 20.5. The molecule has 1 heterocycles. The van der Waals surface area contributed by atoms with Crippen molar-refractivity contribution in [2.45, 2.75) is 6.04 Å². The average Bonchev–Trinajstić information content (AvgIpc) is 2.71. The molecule has 0 aliphatic carbocycles. The van der Waals surface area contributed by atoms with Gasteiger partial charge in [0.1, 0.15) is 17.4 Å². The van der Waals surface area contributed by atoms with E-state index in [1.807, 2.05) is 30.3 Å². The highest BCUT2D eigenvalue weighted by Gasteiger charge is 2.19. The van der Waals surface area contributed by atoms with E-state index in [0.29, 0.717) is 11.3 Å². The van der Waals surface area contributed by atoms with Crippen LogP contribution < -0.4 is 15.7 Å². The second-order valence-electron chi connectivity index (χ2n) is 6.21. The van der Waals surface area contributed by atoms with Crippen molar-refractivity contribution in [2.24, 2.45) is 0 Å². The summed E-state index contributed by atoms with van der Waals surface area (Å²) >= 11 is 1.32. The van der Waals surface area contributed by atoms with Crippen LogP contribution in [0.15, 0.2) is 63.8 Å². The van der Waals surface area contributed by atoms with Crippen molar-refractivity contribution in [1.82, 2.24) is 5.32 Å². The number of hydrogen-bond acceptors (Lipinski definition) is 6. The van der Waals surface area contributed by atoms with Gasteiger partial charge in [-0.3, -0.25) is 4.79 Å². The zero-order valence-electron chi connectivity index (χ0n) is 15.6. The van der Waals surface area contributed by atoms with Crippen LogP contribution in [0.1, 0.15) is 0 Å². The number of carbonyl (C=O) groups is 2. The zero-order chi connectivity index (χ0) is 20.8. The minimum atomic E-state index is -1.10. The number of rotatable bonds is 8. The number of ether oxygens (including phenoxy) is 1. The largest absolute Gasteiger partial charge is 0.484 e. The number of thioether (sulfide) groups is 1.